The number of piperidine rings is 2. The molecule has 1 N–H and O–H groups in total. The highest BCUT2D eigenvalue weighted by atomic mass is 16.6. The molecule has 0 saturated carbocycles. The summed E-state index contributed by atoms with van der Waals surface area (Å²) in [5.41, 5.74) is 1.84. The van der Waals surface area contributed by atoms with Gasteiger partial charge in [-0.1, -0.05) is 16.7 Å². The van der Waals surface area contributed by atoms with Gasteiger partial charge in [-0.05, 0) is 39.7 Å². The van der Waals surface area contributed by atoms with E-state index in [9.17, 15) is 0 Å². The van der Waals surface area contributed by atoms with E-state index in [4.69, 9.17) is 4.63 Å². The number of aromatic nitrogens is 2. The van der Waals surface area contributed by atoms with Crippen LogP contribution in [-0.2, 0) is 6.54 Å². The van der Waals surface area contributed by atoms with Crippen molar-refractivity contribution in [3.63, 3.8) is 0 Å². The number of fused-ring (bicyclic) bond motifs is 2. The highest BCUT2D eigenvalue weighted by Gasteiger charge is 2.35. The minimum Gasteiger partial charge on any atom is -0.308 e. The molecule has 0 aromatic carbocycles. The van der Waals surface area contributed by atoms with Crippen LogP contribution in [0.5, 0.6) is 0 Å². The van der Waals surface area contributed by atoms with E-state index in [0.717, 1.165) is 30.0 Å². The normalized spacial score (nSPS) is 32.7. The largest absolute Gasteiger partial charge is 0.308 e. The molecule has 3 rings (SSSR count). The molecule has 1 aromatic heterocycles. The smallest absolute Gasteiger partial charge is 0.121 e. The van der Waals surface area contributed by atoms with Crippen molar-refractivity contribution in [2.75, 3.05) is 7.05 Å². The molecule has 5 nitrogen and oxygen atoms in total. The number of nitrogens with zero attached hydrogens (tertiary/aromatic N) is 3. The van der Waals surface area contributed by atoms with E-state index in [1.807, 2.05) is 6.92 Å². The molecule has 5 heteroatoms. The van der Waals surface area contributed by atoms with Crippen molar-refractivity contribution < 1.29 is 4.63 Å². The van der Waals surface area contributed by atoms with E-state index in [2.05, 4.69) is 27.6 Å². The Morgan fingerprint density at radius 3 is 2.61 bits per heavy atom. The molecule has 18 heavy (non-hydrogen) atoms. The van der Waals surface area contributed by atoms with Crippen molar-refractivity contribution in [2.24, 2.45) is 0 Å². The lowest BCUT2D eigenvalue weighted by molar-refractivity contribution is 0.0481. The standard InChI is InChI=1S/C13H22N4O/c1-9-13(16-18-15-9)8-14-10-6-11-4-3-5-12(7-10)17(11)2/h10-12,14H,3-8H2,1-2H3. The van der Waals surface area contributed by atoms with Crippen molar-refractivity contribution in [1.29, 1.82) is 0 Å². The third-order valence-electron chi connectivity index (χ3n) is 4.64. The Labute approximate surface area is 108 Å². The van der Waals surface area contributed by atoms with Gasteiger partial charge in [-0.2, -0.15) is 0 Å². The first-order chi connectivity index (χ1) is 8.74. The van der Waals surface area contributed by atoms with Crippen LogP contribution in [0.25, 0.3) is 0 Å². The highest BCUT2D eigenvalue weighted by molar-refractivity contribution is 5.04. The van der Waals surface area contributed by atoms with Crippen LogP contribution in [0.1, 0.15) is 43.5 Å². The van der Waals surface area contributed by atoms with Gasteiger partial charge in [0.2, 0.25) is 0 Å². The lowest BCUT2D eigenvalue weighted by Gasteiger charge is -2.47. The van der Waals surface area contributed by atoms with Gasteiger partial charge in [0, 0.05) is 24.7 Å². The molecule has 1 aromatic rings. The third-order valence-corrected chi connectivity index (χ3v) is 4.64. The first kappa shape index (κ1) is 12.1. The Hall–Kier alpha value is -0.940. The van der Waals surface area contributed by atoms with E-state index in [0.29, 0.717) is 6.04 Å². The zero-order valence-electron chi connectivity index (χ0n) is 11.2. The van der Waals surface area contributed by atoms with Crippen molar-refractivity contribution in [2.45, 2.75) is 63.7 Å². The molecule has 2 aliphatic rings. The fraction of sp³-hybridized carbons (Fsp3) is 0.846. The molecule has 2 unspecified atom stereocenters. The summed E-state index contributed by atoms with van der Waals surface area (Å²) in [4.78, 5) is 2.59. The maximum Gasteiger partial charge on any atom is 0.121 e. The monoisotopic (exact) mass is 250 g/mol. The van der Waals surface area contributed by atoms with Crippen LogP contribution < -0.4 is 5.32 Å². The molecule has 100 valence electrons. The molecule has 2 bridgehead atoms. The summed E-state index contributed by atoms with van der Waals surface area (Å²) < 4.78 is 4.73. The first-order valence-electron chi connectivity index (χ1n) is 6.97. The first-order valence-corrected chi connectivity index (χ1v) is 6.97. The van der Waals surface area contributed by atoms with Gasteiger partial charge in [0.05, 0.1) is 0 Å². The topological polar surface area (TPSA) is 54.2 Å². The minimum atomic E-state index is 0.618. The molecule has 0 aliphatic carbocycles. The van der Waals surface area contributed by atoms with E-state index >= 15 is 0 Å². The van der Waals surface area contributed by atoms with E-state index in [1.54, 1.807) is 0 Å². The summed E-state index contributed by atoms with van der Waals surface area (Å²) in [6.45, 7) is 2.72. The second-order valence-electron chi connectivity index (χ2n) is 5.75. The van der Waals surface area contributed by atoms with Crippen LogP contribution in [-0.4, -0.2) is 40.4 Å². The summed E-state index contributed by atoms with van der Waals surface area (Å²) >= 11 is 0. The number of hydrogen-bond acceptors (Lipinski definition) is 5. The van der Waals surface area contributed by atoms with Crippen LogP contribution in [0, 0.1) is 6.92 Å². The van der Waals surface area contributed by atoms with Gasteiger partial charge in [0.1, 0.15) is 11.4 Å². The Morgan fingerprint density at radius 1 is 1.28 bits per heavy atom. The summed E-state index contributed by atoms with van der Waals surface area (Å²) in [5, 5.41) is 11.4. The van der Waals surface area contributed by atoms with Crippen LogP contribution in [0.2, 0.25) is 0 Å². The average molecular weight is 250 g/mol. The fourth-order valence-electron chi connectivity index (χ4n) is 3.43. The van der Waals surface area contributed by atoms with E-state index in [-0.39, 0.29) is 0 Å². The molecule has 2 saturated heterocycles. The maximum absolute atomic E-state index is 4.73. The minimum absolute atomic E-state index is 0.618. The molecule has 0 amide bonds. The molecule has 2 atom stereocenters. The third kappa shape index (κ3) is 2.29. The number of aryl methyl sites for hydroxylation is 1. The molecular weight excluding hydrogens is 228 g/mol. The Bertz CT molecular complexity index is 391. The Kier molecular flexibility index (Phi) is 3.35. The Balaban J connectivity index is 1.57. The highest BCUT2D eigenvalue weighted by Crippen LogP contribution is 2.32. The van der Waals surface area contributed by atoms with Gasteiger partial charge in [-0.15, -0.1) is 0 Å². The van der Waals surface area contributed by atoms with Crippen molar-refractivity contribution in [3.8, 4) is 0 Å². The lowest BCUT2D eigenvalue weighted by Crippen LogP contribution is -2.54. The number of rotatable bonds is 3. The summed E-state index contributed by atoms with van der Waals surface area (Å²) in [7, 11) is 2.29. The van der Waals surface area contributed by atoms with Gasteiger partial charge in [0.25, 0.3) is 0 Å². The van der Waals surface area contributed by atoms with Crippen LogP contribution in [0.15, 0.2) is 4.63 Å². The molecule has 0 spiro atoms. The van der Waals surface area contributed by atoms with Gasteiger partial charge in [0.15, 0.2) is 0 Å². The molecule has 2 aliphatic heterocycles. The van der Waals surface area contributed by atoms with Crippen molar-refractivity contribution >= 4 is 0 Å². The number of nitrogens with one attached hydrogen (secondary N) is 1. The van der Waals surface area contributed by atoms with Gasteiger partial charge < -0.3 is 10.2 Å². The maximum atomic E-state index is 4.73. The van der Waals surface area contributed by atoms with Crippen LogP contribution in [0.3, 0.4) is 0 Å². The SMILES string of the molecule is Cc1nonc1CNC1CC2CCCC(C1)N2C. The second kappa shape index (κ2) is 4.97. The van der Waals surface area contributed by atoms with Gasteiger partial charge >= 0.3 is 0 Å². The van der Waals surface area contributed by atoms with Gasteiger partial charge in [-0.25, -0.2) is 4.63 Å². The van der Waals surface area contributed by atoms with E-state index < -0.39 is 0 Å². The summed E-state index contributed by atoms with van der Waals surface area (Å²) in [6, 6.07) is 2.16. The second-order valence-corrected chi connectivity index (χ2v) is 5.75. The number of hydrogen-bond donors (Lipinski definition) is 1. The van der Waals surface area contributed by atoms with Crippen LogP contribution in [0.4, 0.5) is 0 Å². The molecule has 3 heterocycles. The zero-order chi connectivity index (χ0) is 12.5. The van der Waals surface area contributed by atoms with Gasteiger partial charge in [-0.3, -0.25) is 0 Å². The predicted octanol–water partition coefficient (Wildman–Crippen LogP) is 1.48. The quantitative estimate of drug-likeness (QED) is 0.880. The summed E-state index contributed by atoms with van der Waals surface area (Å²) in [6.07, 6.45) is 6.64. The zero-order valence-corrected chi connectivity index (χ0v) is 11.2. The van der Waals surface area contributed by atoms with Crippen molar-refractivity contribution in [3.05, 3.63) is 11.4 Å². The Morgan fingerprint density at radius 2 is 2.00 bits per heavy atom. The summed E-state index contributed by atoms with van der Waals surface area (Å²) in [5.74, 6) is 0. The predicted molar refractivity (Wildman–Crippen MR) is 68.1 cm³/mol. The average Bonchev–Trinajstić information content (AvgIpc) is 2.73. The molecule has 0 radical (unpaired) electrons. The van der Waals surface area contributed by atoms with Crippen LogP contribution >= 0.6 is 0 Å². The van der Waals surface area contributed by atoms with E-state index in [1.165, 1.54) is 32.1 Å². The molecule has 2 fully saturated rings. The molecular formula is C13H22N4O. The van der Waals surface area contributed by atoms with Crippen molar-refractivity contribution in [1.82, 2.24) is 20.5 Å². The fourth-order valence-corrected chi connectivity index (χ4v) is 3.43. The lowest BCUT2D eigenvalue weighted by atomic mass is 9.82.